The van der Waals surface area contributed by atoms with Gasteiger partial charge in [-0.05, 0) is 67.1 Å². The molecule has 7 heteroatoms. The molecule has 0 bridgehead atoms. The van der Waals surface area contributed by atoms with Crippen molar-refractivity contribution in [3.8, 4) is 5.75 Å². The van der Waals surface area contributed by atoms with E-state index in [4.69, 9.17) is 4.74 Å². The normalized spacial score (nSPS) is 15.6. The molecule has 1 heterocycles. The van der Waals surface area contributed by atoms with Crippen molar-refractivity contribution >= 4 is 21.6 Å². The van der Waals surface area contributed by atoms with Crippen LogP contribution in [0, 0.1) is 12.8 Å². The van der Waals surface area contributed by atoms with E-state index >= 15 is 0 Å². The van der Waals surface area contributed by atoms with Crippen LogP contribution in [-0.4, -0.2) is 28.0 Å². The predicted octanol–water partition coefficient (Wildman–Crippen LogP) is 4.20. The number of amides is 1. The zero-order valence-corrected chi connectivity index (χ0v) is 18.8. The van der Waals surface area contributed by atoms with Gasteiger partial charge in [0.05, 0.1) is 12.0 Å². The van der Waals surface area contributed by atoms with Crippen LogP contribution in [0.4, 0.5) is 5.69 Å². The summed E-state index contributed by atoms with van der Waals surface area (Å²) in [7, 11) is -2.13. The molecule has 0 radical (unpaired) electrons. The minimum Gasteiger partial charge on any atom is -0.497 e. The van der Waals surface area contributed by atoms with Gasteiger partial charge in [-0.3, -0.25) is 4.79 Å². The highest BCUT2D eigenvalue weighted by molar-refractivity contribution is 7.89. The highest BCUT2D eigenvalue weighted by Gasteiger charge is 2.26. The van der Waals surface area contributed by atoms with Crippen LogP contribution in [0.5, 0.6) is 5.75 Å². The van der Waals surface area contributed by atoms with E-state index in [2.05, 4.69) is 18.6 Å². The van der Waals surface area contributed by atoms with Gasteiger partial charge in [0.1, 0.15) is 5.75 Å². The molecule has 2 aromatic carbocycles. The molecule has 0 unspecified atom stereocenters. The van der Waals surface area contributed by atoms with Crippen molar-refractivity contribution in [1.82, 2.24) is 4.72 Å². The fraction of sp³-hybridized carbons (Fsp3) is 0.435. The Morgan fingerprint density at radius 3 is 2.37 bits per heavy atom. The fourth-order valence-corrected chi connectivity index (χ4v) is 5.14. The number of nitrogens with one attached hydrogen (secondary N) is 1. The fourth-order valence-electron chi connectivity index (χ4n) is 3.82. The number of hydrogen-bond acceptors (Lipinski definition) is 4. The van der Waals surface area contributed by atoms with Gasteiger partial charge in [-0.15, -0.1) is 0 Å². The van der Waals surface area contributed by atoms with Crippen molar-refractivity contribution in [3.05, 3.63) is 53.6 Å². The van der Waals surface area contributed by atoms with Crippen molar-refractivity contribution in [3.63, 3.8) is 0 Å². The van der Waals surface area contributed by atoms with Crippen LogP contribution in [0.25, 0.3) is 0 Å². The molecule has 1 saturated heterocycles. The Morgan fingerprint density at radius 2 is 1.83 bits per heavy atom. The lowest BCUT2D eigenvalue weighted by atomic mass is 9.98. The number of carbonyl (C=O) groups is 1. The van der Waals surface area contributed by atoms with Crippen molar-refractivity contribution in [2.75, 3.05) is 18.6 Å². The number of rotatable bonds is 8. The first-order chi connectivity index (χ1) is 14.2. The number of ether oxygens (including phenoxy) is 1. The molecule has 0 aliphatic carbocycles. The van der Waals surface area contributed by atoms with Crippen LogP contribution in [0.15, 0.2) is 47.4 Å². The van der Waals surface area contributed by atoms with Gasteiger partial charge in [0.25, 0.3) is 0 Å². The molecule has 1 aliphatic rings. The smallest absolute Gasteiger partial charge is 0.241 e. The van der Waals surface area contributed by atoms with Gasteiger partial charge in [0, 0.05) is 24.7 Å². The lowest BCUT2D eigenvalue weighted by molar-refractivity contribution is -0.117. The third-order valence-electron chi connectivity index (χ3n) is 5.37. The van der Waals surface area contributed by atoms with E-state index < -0.39 is 10.0 Å². The number of carbonyl (C=O) groups excluding carboxylic acids is 1. The standard InChI is InChI=1S/C23H30N2O4S/c1-16(2)14-21(18-7-9-19(29-4)10-8-18)24-30(27,28)20-11-12-22(17(3)15-20)25-13-5-6-23(25)26/h7-12,15-16,21,24H,5-6,13-14H2,1-4H3/t21-/m1/s1. The number of methoxy groups -OCH3 is 1. The molecule has 0 aromatic heterocycles. The number of nitrogens with zero attached hydrogens (tertiary/aromatic N) is 1. The summed E-state index contributed by atoms with van der Waals surface area (Å²) < 4.78 is 34.4. The van der Waals surface area contributed by atoms with E-state index in [1.807, 2.05) is 31.2 Å². The molecule has 30 heavy (non-hydrogen) atoms. The highest BCUT2D eigenvalue weighted by Crippen LogP contribution is 2.29. The maximum Gasteiger partial charge on any atom is 0.241 e. The van der Waals surface area contributed by atoms with Gasteiger partial charge in [-0.1, -0.05) is 26.0 Å². The monoisotopic (exact) mass is 430 g/mol. The molecule has 1 fully saturated rings. The Balaban J connectivity index is 1.86. The van der Waals surface area contributed by atoms with Crippen LogP contribution in [0.2, 0.25) is 0 Å². The quantitative estimate of drug-likeness (QED) is 0.681. The largest absolute Gasteiger partial charge is 0.497 e. The van der Waals surface area contributed by atoms with Gasteiger partial charge >= 0.3 is 0 Å². The Morgan fingerprint density at radius 1 is 1.13 bits per heavy atom. The molecule has 0 spiro atoms. The second-order valence-corrected chi connectivity index (χ2v) is 9.89. The SMILES string of the molecule is COc1ccc([C@@H](CC(C)C)NS(=O)(=O)c2ccc(N3CCCC3=O)c(C)c2)cc1. The van der Waals surface area contributed by atoms with E-state index in [1.54, 1.807) is 30.2 Å². The van der Waals surface area contributed by atoms with Gasteiger partial charge in [0.15, 0.2) is 0 Å². The van der Waals surface area contributed by atoms with Crippen molar-refractivity contribution in [1.29, 1.82) is 0 Å². The third-order valence-corrected chi connectivity index (χ3v) is 6.83. The Kier molecular flexibility index (Phi) is 6.83. The molecule has 162 valence electrons. The number of hydrogen-bond donors (Lipinski definition) is 1. The Labute approximate surface area is 179 Å². The van der Waals surface area contributed by atoms with Gasteiger partial charge < -0.3 is 9.64 Å². The van der Waals surface area contributed by atoms with E-state index in [1.165, 1.54) is 0 Å². The highest BCUT2D eigenvalue weighted by atomic mass is 32.2. The molecular weight excluding hydrogens is 400 g/mol. The first-order valence-electron chi connectivity index (χ1n) is 10.3. The van der Waals surface area contributed by atoms with Gasteiger partial charge in [0.2, 0.25) is 15.9 Å². The van der Waals surface area contributed by atoms with Crippen LogP contribution in [-0.2, 0) is 14.8 Å². The maximum atomic E-state index is 13.2. The number of aryl methyl sites for hydroxylation is 1. The average Bonchev–Trinajstić information content (AvgIpc) is 3.12. The zero-order valence-electron chi connectivity index (χ0n) is 18.0. The molecule has 1 atom stereocenters. The average molecular weight is 431 g/mol. The van der Waals surface area contributed by atoms with Crippen LogP contribution >= 0.6 is 0 Å². The summed E-state index contributed by atoms with van der Waals surface area (Å²) in [4.78, 5) is 14.0. The van der Waals surface area contributed by atoms with Crippen molar-refractivity contribution in [2.24, 2.45) is 5.92 Å². The summed E-state index contributed by atoms with van der Waals surface area (Å²) >= 11 is 0. The molecular formula is C23H30N2O4S. The summed E-state index contributed by atoms with van der Waals surface area (Å²) in [5.41, 5.74) is 2.45. The van der Waals surface area contributed by atoms with Crippen LogP contribution < -0.4 is 14.4 Å². The van der Waals surface area contributed by atoms with E-state index in [9.17, 15) is 13.2 Å². The van der Waals surface area contributed by atoms with E-state index in [0.29, 0.717) is 25.3 Å². The van der Waals surface area contributed by atoms with Crippen molar-refractivity contribution < 1.29 is 17.9 Å². The van der Waals surface area contributed by atoms with Crippen LogP contribution in [0.1, 0.15) is 50.3 Å². The minimum atomic E-state index is -3.73. The zero-order chi connectivity index (χ0) is 21.9. The molecule has 1 amide bonds. The summed E-state index contributed by atoms with van der Waals surface area (Å²) in [6.07, 6.45) is 2.04. The molecule has 3 rings (SSSR count). The van der Waals surface area contributed by atoms with Gasteiger partial charge in [-0.2, -0.15) is 0 Å². The lowest BCUT2D eigenvalue weighted by Gasteiger charge is -2.22. The van der Waals surface area contributed by atoms with Gasteiger partial charge in [-0.25, -0.2) is 13.1 Å². The number of sulfonamides is 1. The molecule has 2 aromatic rings. The Bertz CT molecular complexity index is 1000. The second-order valence-electron chi connectivity index (χ2n) is 8.17. The summed E-state index contributed by atoms with van der Waals surface area (Å²) in [6, 6.07) is 12.1. The molecule has 1 aliphatic heterocycles. The first kappa shape index (κ1) is 22.3. The molecule has 0 saturated carbocycles. The van der Waals surface area contributed by atoms with E-state index in [0.717, 1.165) is 29.0 Å². The lowest BCUT2D eigenvalue weighted by Crippen LogP contribution is -2.30. The second kappa shape index (κ2) is 9.18. The summed E-state index contributed by atoms with van der Waals surface area (Å²) in [6.45, 7) is 6.65. The number of benzene rings is 2. The topological polar surface area (TPSA) is 75.7 Å². The summed E-state index contributed by atoms with van der Waals surface area (Å²) in [5, 5.41) is 0. The number of anilines is 1. The maximum absolute atomic E-state index is 13.2. The predicted molar refractivity (Wildman–Crippen MR) is 118 cm³/mol. The third kappa shape index (κ3) is 5.02. The molecule has 6 nitrogen and oxygen atoms in total. The minimum absolute atomic E-state index is 0.0864. The van der Waals surface area contributed by atoms with E-state index in [-0.39, 0.29) is 16.8 Å². The Hall–Kier alpha value is -2.38. The summed E-state index contributed by atoms with van der Waals surface area (Å²) in [5.74, 6) is 1.13. The van der Waals surface area contributed by atoms with Crippen molar-refractivity contribution in [2.45, 2.75) is 51.0 Å². The molecule has 1 N–H and O–H groups in total. The first-order valence-corrected chi connectivity index (χ1v) is 11.8. The van der Waals surface area contributed by atoms with Crippen LogP contribution in [0.3, 0.4) is 0 Å².